The molecule has 4 aromatic carbocycles. The number of benzene rings is 4. The third-order valence-electron chi connectivity index (χ3n) is 14.6. The Hall–Kier alpha value is -9.38. The van der Waals surface area contributed by atoms with Gasteiger partial charge >= 0.3 is 10.6 Å². The van der Waals surface area contributed by atoms with Crippen molar-refractivity contribution < 1.29 is 67.2 Å². The van der Waals surface area contributed by atoms with E-state index >= 15 is 0 Å². The number of Topliss-reactive ketones (excluding diaryl/α,β-unsaturated/α-hetero) is 2. The molecule has 3 aromatic heterocycles. The van der Waals surface area contributed by atoms with E-state index in [2.05, 4.69) is 41.3 Å². The van der Waals surface area contributed by atoms with Gasteiger partial charge < -0.3 is 50.3 Å². The van der Waals surface area contributed by atoms with Crippen molar-refractivity contribution in [1.82, 2.24) is 24.9 Å². The van der Waals surface area contributed by atoms with Crippen LogP contribution in [-0.2, 0) is 59.5 Å². The normalized spacial score (nSPS) is 13.8. The lowest BCUT2D eigenvalue weighted by Gasteiger charge is -2.27. The largest absolute Gasteiger partial charge is 0.425 e. The third-order valence-corrected chi connectivity index (χ3v) is 18.9. The van der Waals surface area contributed by atoms with Crippen molar-refractivity contribution >= 4 is 180 Å². The average Bonchev–Trinajstić information content (AvgIpc) is 1.80. The lowest BCUT2D eigenvalue weighted by Crippen LogP contribution is -2.36. The van der Waals surface area contributed by atoms with Crippen LogP contribution in [0.25, 0.3) is 12.2 Å². The van der Waals surface area contributed by atoms with Crippen LogP contribution < -0.4 is 40.9 Å². The zero-order valence-electron chi connectivity index (χ0n) is 54.4. The maximum absolute atomic E-state index is 13.8. The molecular formula is C61H69N17O15S6. The Morgan fingerprint density at radius 3 is 1.28 bits per heavy atom. The molecule has 5 heterocycles. The van der Waals surface area contributed by atoms with Crippen molar-refractivity contribution in [2.45, 2.75) is 63.4 Å². The van der Waals surface area contributed by atoms with Crippen molar-refractivity contribution in [3.05, 3.63) is 106 Å². The molecule has 38 heteroatoms. The number of ketones is 2. The molecule has 99 heavy (non-hydrogen) atoms. The predicted molar refractivity (Wildman–Crippen MR) is 378 cm³/mol. The highest BCUT2D eigenvalue weighted by atomic mass is 32.2. The van der Waals surface area contributed by atoms with Crippen LogP contribution in [-0.4, -0.2) is 171 Å². The second kappa shape index (κ2) is 34.9. The first kappa shape index (κ1) is 75.4. The quantitative estimate of drug-likeness (QED) is 0.00662. The van der Waals surface area contributed by atoms with Gasteiger partial charge in [-0.05, 0) is 120 Å². The maximum atomic E-state index is 13.8. The van der Waals surface area contributed by atoms with Gasteiger partial charge in [0.05, 0.1) is 70.1 Å². The molecule has 0 radical (unpaired) electrons. The Labute approximate surface area is 583 Å². The van der Waals surface area contributed by atoms with Crippen molar-refractivity contribution in [2.24, 2.45) is 20.5 Å². The van der Waals surface area contributed by atoms with Crippen LogP contribution in [0.4, 0.5) is 79.3 Å². The van der Waals surface area contributed by atoms with Gasteiger partial charge in [-0.2, -0.15) is 41.8 Å². The number of rotatable bonds is 28. The van der Waals surface area contributed by atoms with Crippen LogP contribution >= 0.6 is 34.4 Å². The van der Waals surface area contributed by atoms with Crippen molar-refractivity contribution in [1.29, 1.82) is 0 Å². The summed E-state index contributed by atoms with van der Waals surface area (Å²) in [6, 6.07) is 21.7. The summed E-state index contributed by atoms with van der Waals surface area (Å²) in [5.74, 6) is -1.41. The number of hydrogen-bond acceptors (Lipinski definition) is 31. The fourth-order valence-corrected chi connectivity index (χ4v) is 13.4. The predicted octanol–water partition coefficient (Wildman–Crippen LogP) is 10.3. The molecule has 2 amide bonds. The molecule has 0 atom stereocenters. The van der Waals surface area contributed by atoms with Crippen LogP contribution in [0.15, 0.2) is 131 Å². The number of thioether (sulfide) groups is 1. The Balaban J connectivity index is 0.00000304. The number of ether oxygens (including phenoxy) is 2. The minimum absolute atomic E-state index is 0.139. The molecule has 0 unspecified atom stereocenters. The standard InChI is InChI=1S/C61H69N17O12S5.O3S/c1-8-75(9-2)39-21-23-43(71-73-60-66-53(77-25-29-89-30-26-77)49(92-60)35-41(37(6)79)55(81)62-45-17-13-15-19-51(45)94(83,84)85)47(33-39)64-57-68-58(70-59(69-57)91-12-5)65-48-34-40(76(10-3)11-4)22-24-44(48)72-74-61-67-54(78-27-31-90-32-28-78)50(93-61)36-42(38(7)80)56(82)63-46-18-14-16-20-52(46)95(86,87)88;1-4(2)3/h13-24,33-36H,8-12,25-32H2,1-7H3,(H,62,81)(H,63,82)(H,83,84,85)(H,86,87,88)(H2,64,65,68,69,70);/b41-35-,42-36+,73-71?,74-72?;. The highest BCUT2D eigenvalue weighted by molar-refractivity contribution is 7.99. The molecule has 0 spiro atoms. The highest BCUT2D eigenvalue weighted by Crippen LogP contribution is 2.41. The average molecular weight is 1470 g/mol. The van der Waals surface area contributed by atoms with E-state index in [4.69, 9.17) is 57.2 Å². The van der Waals surface area contributed by atoms with Crippen LogP contribution in [0.3, 0.4) is 0 Å². The van der Waals surface area contributed by atoms with E-state index in [1.54, 1.807) is 12.1 Å². The first-order chi connectivity index (χ1) is 47.3. The summed E-state index contributed by atoms with van der Waals surface area (Å²) >= 11 is 3.50. The van der Waals surface area contributed by atoms with Crippen molar-refractivity contribution in [3.63, 3.8) is 0 Å². The molecule has 2 saturated heterocycles. The Kier molecular flexibility index (Phi) is 26.6. The topological polar surface area (TPSA) is 422 Å². The smallest absolute Gasteiger partial charge is 0.378 e. The van der Waals surface area contributed by atoms with Gasteiger partial charge in [-0.3, -0.25) is 28.3 Å². The summed E-state index contributed by atoms with van der Waals surface area (Å²) < 4.78 is 105. The molecule has 0 aliphatic carbocycles. The molecule has 9 rings (SSSR count). The molecule has 7 aromatic rings. The van der Waals surface area contributed by atoms with E-state index in [1.807, 2.05) is 68.7 Å². The Morgan fingerprint density at radius 1 is 0.566 bits per heavy atom. The summed E-state index contributed by atoms with van der Waals surface area (Å²) in [5.41, 5.74) is 2.24. The molecule has 6 N–H and O–H groups in total. The zero-order chi connectivity index (χ0) is 71.6. The monoisotopic (exact) mass is 1470 g/mol. The summed E-state index contributed by atoms with van der Waals surface area (Å²) in [5, 5.41) is 31.0. The van der Waals surface area contributed by atoms with Gasteiger partial charge in [-0.15, -0.1) is 33.1 Å². The Morgan fingerprint density at radius 2 is 0.939 bits per heavy atom. The van der Waals surface area contributed by atoms with E-state index in [-0.39, 0.29) is 44.7 Å². The zero-order valence-corrected chi connectivity index (χ0v) is 59.3. The lowest BCUT2D eigenvalue weighted by atomic mass is 10.1. The van der Waals surface area contributed by atoms with Crippen molar-refractivity contribution in [3.8, 4) is 0 Å². The fraction of sp³-hybridized carbons (Fsp3) is 0.328. The first-order valence-electron chi connectivity index (χ1n) is 30.5. The SMILES string of the molecule is CCSc1nc(Nc2cc(N(CC)CC)ccc2N=Nc2nc(N3CCOCC3)c(/C=C(/C(C)=O)C(=O)Nc3ccccc3S(=O)(=O)O)s2)nc(Nc2cc(N(CC)CC)ccc2N=Nc2nc(N3CCOCC3)c(/C=C(\C(C)=O)C(=O)Nc3ccccc3S(=O)(=O)O)s2)n1.O=S(=O)=O. The molecule has 2 aliphatic rings. The molecular weight excluding hydrogens is 1400 g/mol. The molecule has 2 aliphatic heterocycles. The Bertz CT molecular complexity index is 4340. The number of azo groups is 2. The van der Waals surface area contributed by atoms with E-state index < -0.39 is 64.0 Å². The van der Waals surface area contributed by atoms with E-state index in [1.165, 1.54) is 74.2 Å². The second-order valence-corrected chi connectivity index (χ2v) is 27.4. The van der Waals surface area contributed by atoms with Gasteiger partial charge in [0.15, 0.2) is 16.7 Å². The maximum Gasteiger partial charge on any atom is 0.425 e. The number of nitrogens with one attached hydrogen (secondary N) is 4. The van der Waals surface area contributed by atoms with Gasteiger partial charge in [-0.25, -0.2) is 0 Å². The number of carbonyl (C=O) groups is 4. The van der Waals surface area contributed by atoms with E-state index in [9.17, 15) is 45.1 Å². The van der Waals surface area contributed by atoms with E-state index in [0.29, 0.717) is 134 Å². The molecule has 32 nitrogen and oxygen atoms in total. The van der Waals surface area contributed by atoms with E-state index in [0.717, 1.165) is 46.2 Å². The van der Waals surface area contributed by atoms with Gasteiger partial charge in [0.1, 0.15) is 32.8 Å². The molecule has 2 fully saturated rings. The fourth-order valence-electron chi connectivity index (χ4n) is 9.88. The van der Waals surface area contributed by atoms with Gasteiger partial charge in [0.25, 0.3) is 32.1 Å². The van der Waals surface area contributed by atoms with Crippen molar-refractivity contribution in [2.75, 3.05) is 125 Å². The summed E-state index contributed by atoms with van der Waals surface area (Å²) in [6.07, 6.45) is 2.73. The van der Waals surface area contributed by atoms with Crippen LogP contribution in [0, 0.1) is 0 Å². The number of nitrogens with zero attached hydrogens (tertiary/aromatic N) is 13. The highest BCUT2D eigenvalue weighted by Gasteiger charge is 2.28. The summed E-state index contributed by atoms with van der Waals surface area (Å²) in [7, 11) is -12.6. The van der Waals surface area contributed by atoms with Gasteiger partial charge in [0.2, 0.25) is 22.2 Å². The molecule has 524 valence electrons. The first-order valence-corrected chi connectivity index (χ1v) is 37.0. The number of amides is 2. The summed E-state index contributed by atoms with van der Waals surface area (Å²) in [6.45, 7) is 18.5. The van der Waals surface area contributed by atoms with Crippen LogP contribution in [0.2, 0.25) is 0 Å². The second-order valence-electron chi connectivity index (χ2n) is 20.9. The molecule has 0 saturated carbocycles. The minimum atomic E-state index is -4.74. The number of aromatic nitrogens is 5. The number of hydrogen-bond donors (Lipinski definition) is 6. The molecule has 0 bridgehead atoms. The number of carbonyl (C=O) groups excluding carboxylic acids is 4. The summed E-state index contributed by atoms with van der Waals surface area (Å²) in [4.78, 5) is 86.0. The minimum Gasteiger partial charge on any atom is -0.378 e. The third kappa shape index (κ3) is 20.6. The number of para-hydroxylation sites is 2. The van der Waals surface area contributed by atoms with Crippen LogP contribution in [0.1, 0.15) is 58.2 Å². The van der Waals surface area contributed by atoms with Crippen LogP contribution in [0.5, 0.6) is 0 Å². The number of morpholine rings is 2. The number of thiazole rings is 2. The lowest BCUT2D eigenvalue weighted by molar-refractivity contribution is -0.120. The van der Waals surface area contributed by atoms with Gasteiger partial charge in [0, 0.05) is 63.7 Å². The number of anilines is 10. The van der Waals surface area contributed by atoms with Gasteiger partial charge in [-0.1, -0.05) is 65.6 Å².